The van der Waals surface area contributed by atoms with Gasteiger partial charge in [-0.05, 0) is 37.7 Å². The summed E-state index contributed by atoms with van der Waals surface area (Å²) in [7, 11) is 0. The van der Waals surface area contributed by atoms with Gasteiger partial charge in [-0.25, -0.2) is 0 Å². The van der Waals surface area contributed by atoms with Crippen LogP contribution in [0, 0.1) is 5.92 Å². The van der Waals surface area contributed by atoms with Crippen molar-refractivity contribution in [1.82, 2.24) is 0 Å². The fourth-order valence-corrected chi connectivity index (χ4v) is 2.07. The molecule has 0 nitrogen and oxygen atoms in total. The summed E-state index contributed by atoms with van der Waals surface area (Å²) in [5.41, 5.74) is 1.47. The minimum absolute atomic E-state index is 0.769. The van der Waals surface area contributed by atoms with E-state index in [9.17, 15) is 0 Å². The second kappa shape index (κ2) is 8.15. The van der Waals surface area contributed by atoms with Gasteiger partial charge in [0.2, 0.25) is 0 Å². The van der Waals surface area contributed by atoms with Crippen LogP contribution in [0.25, 0.3) is 0 Å². The van der Waals surface area contributed by atoms with Crippen molar-refractivity contribution in [3.05, 3.63) is 48.0 Å². The molecule has 0 saturated heterocycles. The summed E-state index contributed by atoms with van der Waals surface area (Å²) in [6.07, 6.45) is 11.1. The average molecular weight is 216 g/mol. The Labute approximate surface area is 100 Å². The van der Waals surface area contributed by atoms with Crippen molar-refractivity contribution < 1.29 is 0 Å². The Bertz CT molecular complexity index is 284. The van der Waals surface area contributed by atoms with Gasteiger partial charge in [0.1, 0.15) is 0 Å². The molecule has 0 N–H and O–H groups in total. The van der Waals surface area contributed by atoms with Gasteiger partial charge in [-0.3, -0.25) is 0 Å². The first-order chi connectivity index (χ1) is 7.86. The van der Waals surface area contributed by atoms with Crippen molar-refractivity contribution in [3.63, 3.8) is 0 Å². The fourth-order valence-electron chi connectivity index (χ4n) is 2.07. The van der Waals surface area contributed by atoms with Crippen LogP contribution in [0.1, 0.15) is 45.1 Å². The maximum atomic E-state index is 2.37. The van der Waals surface area contributed by atoms with Crippen LogP contribution >= 0.6 is 0 Å². The van der Waals surface area contributed by atoms with Gasteiger partial charge in [-0.15, -0.1) is 0 Å². The van der Waals surface area contributed by atoms with Crippen molar-refractivity contribution in [3.8, 4) is 0 Å². The molecule has 16 heavy (non-hydrogen) atoms. The summed E-state index contributed by atoms with van der Waals surface area (Å²) in [6.45, 7) is 4.39. The standard InChI is InChI=1S/C16H24/c1-3-5-10-15(9-4-2)13-14-16-11-7-6-8-12-16/h4,6-9,11-12,15H,3,5,10,13-14H2,1-2H3/b9-4+/t15-/m0/s1. The minimum Gasteiger partial charge on any atom is -0.0914 e. The van der Waals surface area contributed by atoms with E-state index in [1.54, 1.807) is 0 Å². The maximum Gasteiger partial charge on any atom is -0.0230 e. The summed E-state index contributed by atoms with van der Waals surface area (Å²) in [5, 5.41) is 0. The van der Waals surface area contributed by atoms with Crippen LogP contribution in [0.4, 0.5) is 0 Å². The van der Waals surface area contributed by atoms with Gasteiger partial charge in [0.05, 0.1) is 0 Å². The molecular weight excluding hydrogens is 192 g/mol. The van der Waals surface area contributed by atoms with Gasteiger partial charge in [0, 0.05) is 0 Å². The van der Waals surface area contributed by atoms with Crippen LogP contribution in [0.2, 0.25) is 0 Å². The Morgan fingerprint density at radius 3 is 2.50 bits per heavy atom. The topological polar surface area (TPSA) is 0 Å². The maximum absolute atomic E-state index is 2.37. The lowest BCUT2D eigenvalue weighted by molar-refractivity contribution is 0.518. The summed E-state index contributed by atoms with van der Waals surface area (Å²) in [4.78, 5) is 0. The molecule has 0 aliphatic rings. The van der Waals surface area contributed by atoms with E-state index in [0.29, 0.717) is 0 Å². The van der Waals surface area contributed by atoms with E-state index in [1.807, 2.05) is 0 Å². The van der Waals surface area contributed by atoms with Gasteiger partial charge in [0.25, 0.3) is 0 Å². The molecule has 0 aliphatic heterocycles. The van der Waals surface area contributed by atoms with E-state index < -0.39 is 0 Å². The van der Waals surface area contributed by atoms with Gasteiger partial charge in [0.15, 0.2) is 0 Å². The number of aryl methyl sites for hydroxylation is 1. The molecule has 0 spiro atoms. The molecule has 0 heteroatoms. The first-order valence-corrected chi connectivity index (χ1v) is 6.53. The first kappa shape index (κ1) is 13.0. The third-order valence-electron chi connectivity index (χ3n) is 3.04. The van der Waals surface area contributed by atoms with E-state index in [-0.39, 0.29) is 0 Å². The Kier molecular flexibility index (Phi) is 6.64. The van der Waals surface area contributed by atoms with E-state index in [2.05, 4.69) is 56.3 Å². The molecule has 0 radical (unpaired) electrons. The van der Waals surface area contributed by atoms with Crippen molar-refractivity contribution >= 4 is 0 Å². The van der Waals surface area contributed by atoms with E-state index in [4.69, 9.17) is 0 Å². The molecule has 0 aromatic heterocycles. The Morgan fingerprint density at radius 2 is 1.88 bits per heavy atom. The lowest BCUT2D eigenvalue weighted by Crippen LogP contribution is -1.99. The molecule has 1 rings (SSSR count). The number of hydrogen-bond donors (Lipinski definition) is 0. The summed E-state index contributed by atoms with van der Waals surface area (Å²) < 4.78 is 0. The number of unbranched alkanes of at least 4 members (excludes halogenated alkanes) is 1. The largest absolute Gasteiger partial charge is 0.0914 e. The normalized spacial score (nSPS) is 13.1. The van der Waals surface area contributed by atoms with Gasteiger partial charge >= 0.3 is 0 Å². The second-order valence-corrected chi connectivity index (χ2v) is 4.45. The zero-order valence-corrected chi connectivity index (χ0v) is 10.7. The minimum atomic E-state index is 0.769. The van der Waals surface area contributed by atoms with Crippen LogP contribution in [-0.4, -0.2) is 0 Å². The van der Waals surface area contributed by atoms with Crippen molar-refractivity contribution in [2.24, 2.45) is 5.92 Å². The molecular formula is C16H24. The smallest absolute Gasteiger partial charge is 0.0230 e. The highest BCUT2D eigenvalue weighted by Crippen LogP contribution is 2.17. The summed E-state index contributed by atoms with van der Waals surface area (Å²) >= 11 is 0. The molecule has 0 unspecified atom stereocenters. The second-order valence-electron chi connectivity index (χ2n) is 4.45. The molecule has 1 aromatic carbocycles. The highest BCUT2D eigenvalue weighted by Gasteiger charge is 2.04. The van der Waals surface area contributed by atoms with E-state index in [0.717, 1.165) is 5.92 Å². The molecule has 1 aromatic rings. The monoisotopic (exact) mass is 216 g/mol. The summed E-state index contributed by atoms with van der Waals surface area (Å²) in [5.74, 6) is 0.769. The SMILES string of the molecule is C/C=C/[C@@H](CCCC)CCc1ccccc1. The van der Waals surface area contributed by atoms with Crippen LogP contribution < -0.4 is 0 Å². The Hall–Kier alpha value is -1.04. The molecule has 0 fully saturated rings. The number of hydrogen-bond acceptors (Lipinski definition) is 0. The molecule has 0 heterocycles. The first-order valence-electron chi connectivity index (χ1n) is 6.53. The molecule has 0 aliphatic carbocycles. The average Bonchev–Trinajstić information content (AvgIpc) is 2.34. The van der Waals surface area contributed by atoms with Gasteiger partial charge in [-0.2, -0.15) is 0 Å². The van der Waals surface area contributed by atoms with E-state index in [1.165, 1.54) is 37.7 Å². The summed E-state index contributed by atoms with van der Waals surface area (Å²) in [6, 6.07) is 10.8. The van der Waals surface area contributed by atoms with Crippen LogP contribution in [0.3, 0.4) is 0 Å². The molecule has 0 amide bonds. The van der Waals surface area contributed by atoms with Crippen LogP contribution in [0.15, 0.2) is 42.5 Å². The molecule has 0 saturated carbocycles. The number of allylic oxidation sites excluding steroid dienone is 2. The molecule has 88 valence electrons. The van der Waals surface area contributed by atoms with Crippen molar-refractivity contribution in [1.29, 1.82) is 0 Å². The lowest BCUT2D eigenvalue weighted by Gasteiger charge is -2.12. The molecule has 0 bridgehead atoms. The van der Waals surface area contributed by atoms with Crippen LogP contribution in [-0.2, 0) is 6.42 Å². The third-order valence-corrected chi connectivity index (χ3v) is 3.04. The number of benzene rings is 1. The van der Waals surface area contributed by atoms with Crippen LogP contribution in [0.5, 0.6) is 0 Å². The fraction of sp³-hybridized carbons (Fsp3) is 0.500. The number of rotatable bonds is 7. The lowest BCUT2D eigenvalue weighted by atomic mass is 9.94. The third kappa shape index (κ3) is 5.16. The highest BCUT2D eigenvalue weighted by molar-refractivity contribution is 5.14. The Balaban J connectivity index is 2.37. The predicted octanol–water partition coefficient (Wildman–Crippen LogP) is 5.00. The zero-order valence-electron chi connectivity index (χ0n) is 10.7. The van der Waals surface area contributed by atoms with Gasteiger partial charge in [-0.1, -0.05) is 62.2 Å². The zero-order chi connectivity index (χ0) is 11.6. The van der Waals surface area contributed by atoms with Gasteiger partial charge < -0.3 is 0 Å². The van der Waals surface area contributed by atoms with Crippen molar-refractivity contribution in [2.75, 3.05) is 0 Å². The van der Waals surface area contributed by atoms with E-state index >= 15 is 0 Å². The Morgan fingerprint density at radius 1 is 1.12 bits per heavy atom. The predicted molar refractivity (Wildman–Crippen MR) is 72.6 cm³/mol. The quantitative estimate of drug-likeness (QED) is 0.562. The van der Waals surface area contributed by atoms with Crippen molar-refractivity contribution in [2.45, 2.75) is 46.0 Å². The molecule has 1 atom stereocenters. The highest BCUT2D eigenvalue weighted by atomic mass is 14.1.